The summed E-state index contributed by atoms with van der Waals surface area (Å²) in [5.41, 5.74) is 2.25. The van der Waals surface area contributed by atoms with Crippen LogP contribution < -0.4 is 20.5 Å². The van der Waals surface area contributed by atoms with Gasteiger partial charge in [-0.25, -0.2) is 20.1 Å². The Kier molecular flexibility index (Phi) is 9.81. The van der Waals surface area contributed by atoms with Crippen molar-refractivity contribution in [2.45, 2.75) is 68.2 Å². The lowest BCUT2D eigenvalue weighted by Crippen LogP contribution is -2.62. The van der Waals surface area contributed by atoms with E-state index in [9.17, 15) is 21.6 Å². The molecule has 4 N–H and O–H groups in total. The molecule has 0 bridgehead atoms. The summed E-state index contributed by atoms with van der Waals surface area (Å²) in [6.07, 6.45) is 2.02. The highest BCUT2D eigenvalue weighted by Crippen LogP contribution is 2.43. The molecule has 0 atom stereocenters. The molecule has 3 heterocycles. The van der Waals surface area contributed by atoms with E-state index >= 15 is 0 Å². The number of sulfonamides is 1. The van der Waals surface area contributed by atoms with Crippen LogP contribution >= 0.6 is 0 Å². The second kappa shape index (κ2) is 13.9. The molecule has 2 aliphatic heterocycles. The molecule has 1 spiro atoms. The maximum atomic E-state index is 13.7. The first-order chi connectivity index (χ1) is 22.9. The standard InChI is InChI=1S/C34H39F3N6O4S/c1-39-23-47-32-19-27(48(38,44)45)11-12-30(32)40-15-3-4-26-18-28-29(5-2-6-31(28)43(26)22-34(35,36)37)41-24-7-9-25(10-8-24)42-20-33(21-42)13-16-46-17-14-33/h2,5-6,11-12,18-19,24-25,40-41H,7-10,13-17,20-23H2,(H2,38,44,45). The minimum atomic E-state index is -4.46. The highest BCUT2D eigenvalue weighted by molar-refractivity contribution is 7.89. The molecular weight excluding hydrogens is 645 g/mol. The monoisotopic (exact) mass is 684 g/mol. The Morgan fingerprint density at radius 2 is 1.83 bits per heavy atom. The second-order valence-electron chi connectivity index (χ2n) is 12.9. The van der Waals surface area contributed by atoms with Crippen molar-refractivity contribution in [3.05, 3.63) is 59.6 Å². The number of hydrogen-bond donors (Lipinski definition) is 3. The number of halogens is 3. The van der Waals surface area contributed by atoms with Crippen LogP contribution in [0.2, 0.25) is 0 Å². The van der Waals surface area contributed by atoms with Crippen molar-refractivity contribution in [3.63, 3.8) is 0 Å². The molecule has 48 heavy (non-hydrogen) atoms. The molecule has 0 unspecified atom stereocenters. The average Bonchev–Trinajstić information content (AvgIpc) is 3.38. The predicted molar refractivity (Wildman–Crippen MR) is 177 cm³/mol. The zero-order chi connectivity index (χ0) is 33.9. The predicted octanol–water partition coefficient (Wildman–Crippen LogP) is 5.41. The van der Waals surface area contributed by atoms with E-state index in [0.29, 0.717) is 28.0 Å². The number of ether oxygens (including phenoxy) is 2. The Morgan fingerprint density at radius 1 is 1.08 bits per heavy atom. The van der Waals surface area contributed by atoms with Crippen LogP contribution in [0, 0.1) is 23.8 Å². The number of nitrogens with zero attached hydrogens (tertiary/aromatic N) is 3. The van der Waals surface area contributed by atoms with E-state index in [1.165, 1.54) is 22.8 Å². The first-order valence-corrected chi connectivity index (χ1v) is 17.6. The lowest BCUT2D eigenvalue weighted by molar-refractivity contribution is -0.140. The molecule has 6 rings (SSSR count). The molecule has 0 amide bonds. The lowest BCUT2D eigenvalue weighted by atomic mass is 9.71. The van der Waals surface area contributed by atoms with Gasteiger partial charge in [0.05, 0.1) is 28.3 Å². The van der Waals surface area contributed by atoms with Gasteiger partial charge in [0, 0.05) is 60.9 Å². The fourth-order valence-corrected chi connectivity index (χ4v) is 7.71. The van der Waals surface area contributed by atoms with Gasteiger partial charge in [0.2, 0.25) is 10.0 Å². The van der Waals surface area contributed by atoms with Crippen molar-refractivity contribution in [2.75, 3.05) is 50.2 Å². The summed E-state index contributed by atoms with van der Waals surface area (Å²) in [6, 6.07) is 11.8. The number of primary sulfonamides is 1. The smallest absolute Gasteiger partial charge is 0.406 e. The number of alkyl halides is 3. The molecule has 3 aromatic rings. The third-order valence-corrected chi connectivity index (χ3v) is 10.5. The number of hydrogen-bond acceptors (Lipinski definition) is 7. The Bertz CT molecular complexity index is 1840. The van der Waals surface area contributed by atoms with Gasteiger partial charge in [0.1, 0.15) is 6.54 Å². The third-order valence-electron chi connectivity index (χ3n) is 9.64. The van der Waals surface area contributed by atoms with Crippen molar-refractivity contribution < 1.29 is 31.1 Å². The van der Waals surface area contributed by atoms with Crippen LogP contribution in [0.15, 0.2) is 47.4 Å². The molecule has 3 fully saturated rings. The maximum absolute atomic E-state index is 13.7. The summed E-state index contributed by atoms with van der Waals surface area (Å²) in [5, 5.41) is 12.5. The van der Waals surface area contributed by atoms with Crippen LogP contribution in [0.25, 0.3) is 15.7 Å². The Labute approximate surface area is 278 Å². The van der Waals surface area contributed by atoms with Crippen LogP contribution in [0.1, 0.15) is 44.2 Å². The minimum Gasteiger partial charge on any atom is -0.424 e. The fourth-order valence-electron chi connectivity index (χ4n) is 7.18. The molecule has 1 saturated carbocycles. The summed E-state index contributed by atoms with van der Waals surface area (Å²) >= 11 is 0. The van der Waals surface area contributed by atoms with Crippen molar-refractivity contribution in [1.29, 1.82) is 0 Å². The molecule has 1 aliphatic carbocycles. The van der Waals surface area contributed by atoms with Gasteiger partial charge in [-0.15, -0.1) is 0 Å². The molecule has 2 aromatic carbocycles. The highest BCUT2D eigenvalue weighted by atomic mass is 32.2. The highest BCUT2D eigenvalue weighted by Gasteiger charge is 2.46. The summed E-state index contributed by atoms with van der Waals surface area (Å²) in [7, 11) is -4.00. The Hall–Kier alpha value is -3.95. The number of benzene rings is 2. The van der Waals surface area contributed by atoms with Crippen LogP contribution in [-0.2, 0) is 21.3 Å². The van der Waals surface area contributed by atoms with Crippen LogP contribution in [0.5, 0.6) is 5.75 Å². The van der Waals surface area contributed by atoms with E-state index in [1.54, 1.807) is 18.2 Å². The number of nitrogens with two attached hydrogens (primary N) is 1. The lowest BCUT2D eigenvalue weighted by Gasteiger charge is -2.56. The van der Waals surface area contributed by atoms with Gasteiger partial charge in [-0.05, 0) is 74.8 Å². The zero-order valence-corrected chi connectivity index (χ0v) is 27.3. The van der Waals surface area contributed by atoms with Gasteiger partial charge in [0.15, 0.2) is 5.75 Å². The van der Waals surface area contributed by atoms with Crippen molar-refractivity contribution in [1.82, 2.24) is 9.47 Å². The van der Waals surface area contributed by atoms with Crippen LogP contribution in [0.3, 0.4) is 0 Å². The number of anilines is 2. The van der Waals surface area contributed by atoms with Gasteiger partial charge in [-0.3, -0.25) is 9.74 Å². The summed E-state index contributed by atoms with van der Waals surface area (Å²) in [4.78, 5) is 5.56. The van der Waals surface area contributed by atoms with E-state index < -0.39 is 22.7 Å². The molecular formula is C34H39F3N6O4S. The Morgan fingerprint density at radius 3 is 2.52 bits per heavy atom. The minimum absolute atomic E-state index is 0.0108. The van der Waals surface area contributed by atoms with Crippen molar-refractivity contribution in [2.24, 2.45) is 10.6 Å². The number of rotatable bonds is 9. The first kappa shape index (κ1) is 33.9. The van der Waals surface area contributed by atoms with Gasteiger partial charge >= 0.3 is 12.9 Å². The summed E-state index contributed by atoms with van der Waals surface area (Å²) < 4.78 is 76.8. The normalized spacial score (nSPS) is 21.1. The van der Waals surface area contributed by atoms with Crippen molar-refractivity contribution >= 4 is 32.3 Å². The van der Waals surface area contributed by atoms with E-state index in [-0.39, 0.29) is 35.7 Å². The van der Waals surface area contributed by atoms with Gasteiger partial charge < -0.3 is 24.7 Å². The van der Waals surface area contributed by atoms with E-state index in [1.807, 2.05) is 6.07 Å². The van der Waals surface area contributed by atoms with Crippen molar-refractivity contribution in [3.8, 4) is 17.6 Å². The number of fused-ring (bicyclic) bond motifs is 1. The summed E-state index contributed by atoms with van der Waals surface area (Å²) in [5.74, 6) is 5.84. The fraction of sp³-hybridized carbons (Fsp3) is 0.500. The van der Waals surface area contributed by atoms with Gasteiger partial charge in [0.25, 0.3) is 0 Å². The maximum Gasteiger partial charge on any atom is 0.406 e. The average molecular weight is 685 g/mol. The number of aromatic nitrogens is 1. The third kappa shape index (κ3) is 7.84. The quantitative estimate of drug-likeness (QED) is 0.204. The van der Waals surface area contributed by atoms with Gasteiger partial charge in [-0.1, -0.05) is 12.0 Å². The molecule has 3 aliphatic rings. The molecule has 10 nitrogen and oxygen atoms in total. The van der Waals surface area contributed by atoms with E-state index in [4.69, 9.17) is 21.2 Å². The van der Waals surface area contributed by atoms with E-state index in [2.05, 4.69) is 32.2 Å². The zero-order valence-electron chi connectivity index (χ0n) is 26.5. The second-order valence-corrected chi connectivity index (χ2v) is 14.5. The molecule has 14 heteroatoms. The largest absolute Gasteiger partial charge is 0.424 e. The molecule has 256 valence electrons. The molecule has 1 aromatic heterocycles. The van der Waals surface area contributed by atoms with E-state index in [0.717, 1.165) is 70.5 Å². The van der Waals surface area contributed by atoms with Crippen LogP contribution in [-0.4, -0.2) is 75.7 Å². The molecule has 2 saturated heterocycles. The SMILES string of the molecule is [C-]#[N+]COc1cc(S(N)(=O)=O)ccc1NCC#Cc1cc2c(NC3CCC(N4CC5(CCOCC5)C4)CC3)cccc2n1CC(F)(F)F. The molecule has 0 radical (unpaired) electrons. The first-order valence-electron chi connectivity index (χ1n) is 16.1. The number of likely N-dealkylation sites (tertiary alicyclic amines) is 1. The van der Waals surface area contributed by atoms with Gasteiger partial charge in [-0.2, -0.15) is 13.2 Å². The Balaban J connectivity index is 1.15. The van der Waals surface area contributed by atoms with Crippen LogP contribution in [0.4, 0.5) is 24.5 Å². The number of nitrogens with one attached hydrogen (secondary N) is 2. The topological polar surface area (TPSA) is 115 Å². The summed E-state index contributed by atoms with van der Waals surface area (Å²) in [6.45, 7) is 9.49.